The molecule has 0 aliphatic carbocycles. The molecule has 3 aromatic carbocycles. The van der Waals surface area contributed by atoms with Gasteiger partial charge in [-0.3, -0.25) is 0 Å². The number of nitrogens with zero attached hydrogens (tertiary/aromatic N) is 3. The van der Waals surface area contributed by atoms with Crippen LogP contribution < -0.4 is 4.57 Å². The minimum absolute atomic E-state index is 0. The first-order valence-electron chi connectivity index (χ1n) is 9.07. The second kappa shape index (κ2) is 9.92. The van der Waals surface area contributed by atoms with E-state index in [-0.39, 0.29) is 20.1 Å². The van der Waals surface area contributed by atoms with E-state index in [0.29, 0.717) is 0 Å². The van der Waals surface area contributed by atoms with Crippen molar-refractivity contribution < 1.29 is 24.7 Å². The van der Waals surface area contributed by atoms with Crippen LogP contribution in [0.1, 0.15) is 0 Å². The summed E-state index contributed by atoms with van der Waals surface area (Å²) in [5.74, 6) is 0. The van der Waals surface area contributed by atoms with Gasteiger partial charge in [0, 0.05) is 6.20 Å². The van der Waals surface area contributed by atoms with Crippen LogP contribution in [0.2, 0.25) is 0 Å². The molecule has 5 rings (SSSR count). The zero-order chi connectivity index (χ0) is 19.2. The predicted octanol–water partition coefficient (Wildman–Crippen LogP) is 4.60. The maximum absolute atomic E-state index is 4.22. The first-order chi connectivity index (χ1) is 13.8. The fraction of sp³-hybridized carbons (Fsp3) is 0.0400. The zero-order valence-corrected chi connectivity index (χ0v) is 18.3. The molecule has 4 heteroatoms. The van der Waals surface area contributed by atoms with E-state index in [1.165, 1.54) is 5.52 Å². The smallest absolute Gasteiger partial charge is 0.342 e. The zero-order valence-electron chi connectivity index (χ0n) is 15.9. The largest absolute Gasteiger partial charge is 3.00 e. The van der Waals surface area contributed by atoms with Crippen LogP contribution in [0.15, 0.2) is 97.2 Å². The topological polar surface area (TPSA) is 21.7 Å². The summed E-state index contributed by atoms with van der Waals surface area (Å²) in [7, 11) is 2.00. The van der Waals surface area contributed by atoms with E-state index in [1.54, 1.807) is 6.20 Å². The van der Waals surface area contributed by atoms with Crippen LogP contribution in [0.4, 0.5) is 0 Å². The summed E-state index contributed by atoms with van der Waals surface area (Å²) in [6, 6.07) is 36.2. The number of pyridine rings is 1. The summed E-state index contributed by atoms with van der Waals surface area (Å²) in [4.78, 5) is 4.22. The van der Waals surface area contributed by atoms with Crippen LogP contribution >= 0.6 is 0 Å². The van der Waals surface area contributed by atoms with Gasteiger partial charge in [-0.05, 0) is 11.8 Å². The Labute approximate surface area is 184 Å². The van der Waals surface area contributed by atoms with Gasteiger partial charge in [0.15, 0.2) is 0 Å². The Hall–Kier alpha value is -3.07. The summed E-state index contributed by atoms with van der Waals surface area (Å²) in [6.45, 7) is 0. The number of fused-ring (bicyclic) bond motifs is 1. The van der Waals surface area contributed by atoms with Gasteiger partial charge in [-0.15, -0.1) is 35.9 Å². The summed E-state index contributed by atoms with van der Waals surface area (Å²) < 4.78 is 4.02. The van der Waals surface area contributed by atoms with Crippen molar-refractivity contribution in [3.63, 3.8) is 0 Å². The number of aryl methyl sites for hydroxylation is 1. The molecule has 0 aliphatic heterocycles. The van der Waals surface area contributed by atoms with E-state index in [2.05, 4.69) is 35.6 Å². The van der Waals surface area contributed by atoms with Crippen LogP contribution in [-0.2, 0) is 27.2 Å². The Morgan fingerprint density at radius 3 is 2.21 bits per heavy atom. The van der Waals surface area contributed by atoms with E-state index >= 15 is 0 Å². The first-order valence-corrected chi connectivity index (χ1v) is 9.07. The van der Waals surface area contributed by atoms with Gasteiger partial charge < -0.3 is 14.1 Å². The van der Waals surface area contributed by atoms with Crippen LogP contribution in [0.3, 0.4) is 0 Å². The molecule has 0 bridgehead atoms. The Balaban J connectivity index is 0.000000167. The maximum Gasteiger partial charge on any atom is 3.00 e. The first kappa shape index (κ1) is 20.7. The number of rotatable bonds is 2. The van der Waals surface area contributed by atoms with E-state index in [9.17, 15) is 0 Å². The fourth-order valence-electron chi connectivity index (χ4n) is 2.98. The van der Waals surface area contributed by atoms with Crippen molar-refractivity contribution in [1.29, 1.82) is 0 Å². The van der Waals surface area contributed by atoms with Crippen LogP contribution in [0.5, 0.6) is 0 Å². The molecule has 0 unspecified atom stereocenters. The Kier molecular flexibility index (Phi) is 7.07. The minimum atomic E-state index is 0. The molecule has 0 saturated carbocycles. The third kappa shape index (κ3) is 4.86. The normalized spacial score (nSPS) is 9.97. The SMILES string of the molecule is Cn1[c-][n+](-c2[c-]cccc2)c2ccccc21.[Ir+3].[c-]1ccccc1-c1ccccn1. The van der Waals surface area contributed by atoms with Gasteiger partial charge in [0.05, 0.1) is 18.1 Å². The summed E-state index contributed by atoms with van der Waals surface area (Å²) in [5.41, 5.74) is 5.34. The predicted molar refractivity (Wildman–Crippen MR) is 111 cm³/mol. The monoisotopic (exact) mass is 554 g/mol. The average Bonchev–Trinajstić information content (AvgIpc) is 3.13. The molecular weight excluding hydrogens is 535 g/mol. The quantitative estimate of drug-likeness (QED) is 0.231. The maximum atomic E-state index is 4.22. The number of aromatic nitrogens is 3. The molecule has 0 radical (unpaired) electrons. The Morgan fingerprint density at radius 1 is 0.793 bits per heavy atom. The van der Waals surface area contributed by atoms with Crippen LogP contribution in [0, 0.1) is 18.5 Å². The second-order valence-corrected chi connectivity index (χ2v) is 6.22. The molecule has 5 aromatic rings. The van der Waals surface area contributed by atoms with Crippen molar-refractivity contribution in [3.8, 4) is 16.9 Å². The molecule has 142 valence electrons. The third-order valence-electron chi connectivity index (χ3n) is 4.32. The van der Waals surface area contributed by atoms with E-state index in [1.807, 2.05) is 95.0 Å². The number of hydrogen-bond donors (Lipinski definition) is 0. The van der Waals surface area contributed by atoms with E-state index in [0.717, 1.165) is 22.5 Å². The van der Waals surface area contributed by atoms with Crippen molar-refractivity contribution in [2.75, 3.05) is 0 Å². The Morgan fingerprint density at radius 2 is 1.52 bits per heavy atom. The van der Waals surface area contributed by atoms with Gasteiger partial charge in [0.2, 0.25) is 6.33 Å². The van der Waals surface area contributed by atoms with Crippen molar-refractivity contribution in [3.05, 3.63) is 116 Å². The molecule has 0 fully saturated rings. The van der Waals surface area contributed by atoms with Crippen molar-refractivity contribution in [1.82, 2.24) is 9.55 Å². The summed E-state index contributed by atoms with van der Waals surface area (Å²) in [6.07, 6.45) is 5.06. The van der Waals surface area contributed by atoms with Gasteiger partial charge in [-0.2, -0.15) is 30.3 Å². The molecule has 0 saturated heterocycles. The molecule has 0 amide bonds. The molecule has 0 atom stereocenters. The molecule has 0 aliphatic rings. The van der Waals surface area contributed by atoms with E-state index in [4.69, 9.17) is 0 Å². The molecule has 2 heterocycles. The molecule has 0 spiro atoms. The fourth-order valence-corrected chi connectivity index (χ4v) is 2.98. The molecule has 0 N–H and O–H groups in total. The van der Waals surface area contributed by atoms with Gasteiger partial charge >= 0.3 is 20.1 Å². The molecule has 2 aromatic heterocycles. The number of para-hydroxylation sites is 3. The molecular formula is C25H19IrN3+. The van der Waals surface area contributed by atoms with Crippen molar-refractivity contribution >= 4 is 11.0 Å². The number of imidazole rings is 1. The molecule has 29 heavy (non-hydrogen) atoms. The van der Waals surface area contributed by atoms with Crippen LogP contribution in [-0.4, -0.2) is 9.55 Å². The van der Waals surface area contributed by atoms with Gasteiger partial charge in [0.1, 0.15) is 0 Å². The molecule has 3 nitrogen and oxygen atoms in total. The number of hydrogen-bond acceptors (Lipinski definition) is 1. The summed E-state index contributed by atoms with van der Waals surface area (Å²) >= 11 is 0. The van der Waals surface area contributed by atoms with E-state index < -0.39 is 0 Å². The van der Waals surface area contributed by atoms with Gasteiger partial charge in [-0.1, -0.05) is 42.1 Å². The minimum Gasteiger partial charge on any atom is -0.342 e. The van der Waals surface area contributed by atoms with Crippen LogP contribution in [0.25, 0.3) is 28.0 Å². The second-order valence-electron chi connectivity index (χ2n) is 6.22. The third-order valence-corrected chi connectivity index (χ3v) is 4.32. The van der Waals surface area contributed by atoms with Gasteiger partial charge in [-0.25, -0.2) is 0 Å². The van der Waals surface area contributed by atoms with Gasteiger partial charge in [0.25, 0.3) is 0 Å². The Bertz CT molecular complexity index is 1120. The average molecular weight is 554 g/mol. The summed E-state index contributed by atoms with van der Waals surface area (Å²) in [5, 5.41) is 0. The van der Waals surface area contributed by atoms with Crippen molar-refractivity contribution in [2.24, 2.45) is 7.05 Å². The standard InChI is InChI=1S/C14H11N2.C11H8N.Ir/c1-15-11-16(12-7-3-2-4-8-12)14-10-6-5-9-13(14)15;1-2-6-10(7-3-1)11-8-4-5-9-12-11;/h2-7,9-10H,1H3;1-6,8-9H;/q2*-1;+3. The van der Waals surface area contributed by atoms with Crippen molar-refractivity contribution in [2.45, 2.75) is 0 Å². The number of benzene rings is 3.